The summed E-state index contributed by atoms with van der Waals surface area (Å²) in [6, 6.07) is 13.8. The van der Waals surface area contributed by atoms with E-state index >= 15 is 0 Å². The van der Waals surface area contributed by atoms with Crippen molar-refractivity contribution in [3.05, 3.63) is 52.7 Å². The molecule has 2 heterocycles. The molecular formula is C20H27N3O2S. The van der Waals surface area contributed by atoms with Crippen LogP contribution in [0.1, 0.15) is 17.7 Å². The molecule has 0 radical (unpaired) electrons. The van der Waals surface area contributed by atoms with Gasteiger partial charge >= 0.3 is 6.03 Å². The first-order chi connectivity index (χ1) is 12.8. The Morgan fingerprint density at radius 2 is 1.92 bits per heavy atom. The molecule has 3 rings (SSSR count). The van der Waals surface area contributed by atoms with Gasteiger partial charge in [-0.1, -0.05) is 24.3 Å². The van der Waals surface area contributed by atoms with Gasteiger partial charge in [-0.25, -0.2) is 4.79 Å². The number of urea groups is 1. The van der Waals surface area contributed by atoms with Crippen molar-refractivity contribution in [3.63, 3.8) is 0 Å². The molecule has 2 aromatic rings. The molecule has 1 aliphatic rings. The monoisotopic (exact) mass is 373 g/mol. The van der Waals surface area contributed by atoms with E-state index in [1.54, 1.807) is 0 Å². The summed E-state index contributed by atoms with van der Waals surface area (Å²) in [5.41, 5.74) is 0. The van der Waals surface area contributed by atoms with E-state index in [2.05, 4.69) is 33.0 Å². The van der Waals surface area contributed by atoms with E-state index in [0.717, 1.165) is 44.8 Å². The van der Waals surface area contributed by atoms with Crippen LogP contribution in [0.2, 0.25) is 0 Å². The number of thiophene rings is 1. The second kappa shape index (κ2) is 10.2. The lowest BCUT2D eigenvalue weighted by molar-refractivity contribution is 0.176. The fourth-order valence-electron chi connectivity index (χ4n) is 3.12. The van der Waals surface area contributed by atoms with Crippen molar-refractivity contribution in [2.45, 2.75) is 19.4 Å². The minimum absolute atomic E-state index is 0.109. The molecule has 1 saturated heterocycles. The van der Waals surface area contributed by atoms with Crippen LogP contribution in [0.4, 0.5) is 4.79 Å². The molecule has 1 aliphatic heterocycles. The van der Waals surface area contributed by atoms with Gasteiger partial charge < -0.3 is 15.4 Å². The predicted octanol–water partition coefficient (Wildman–Crippen LogP) is 3.34. The fourth-order valence-corrected chi connectivity index (χ4v) is 3.87. The summed E-state index contributed by atoms with van der Waals surface area (Å²) in [6.07, 6.45) is 2.28. The first kappa shape index (κ1) is 18.7. The van der Waals surface area contributed by atoms with Gasteiger partial charge in [-0.3, -0.25) is 4.90 Å². The highest BCUT2D eigenvalue weighted by Crippen LogP contribution is 2.20. The number of ether oxygens (including phenoxy) is 1. The Labute approximate surface area is 159 Å². The van der Waals surface area contributed by atoms with Crippen LogP contribution in [0.3, 0.4) is 0 Å². The Hall–Kier alpha value is -2.05. The summed E-state index contributed by atoms with van der Waals surface area (Å²) in [5, 5.41) is 7.97. The third-order valence-electron chi connectivity index (χ3n) is 4.62. The number of rotatable bonds is 8. The zero-order chi connectivity index (χ0) is 18.0. The first-order valence-electron chi connectivity index (χ1n) is 9.24. The number of nitrogens with zero attached hydrogens (tertiary/aromatic N) is 1. The Bertz CT molecular complexity index is 640. The number of nitrogens with one attached hydrogen (secondary N) is 2. The lowest BCUT2D eigenvalue weighted by atomic mass is 9.97. The maximum atomic E-state index is 11.9. The number of likely N-dealkylation sites (tertiary alicyclic amines) is 1. The van der Waals surface area contributed by atoms with Crippen molar-refractivity contribution >= 4 is 17.4 Å². The maximum absolute atomic E-state index is 11.9. The third kappa shape index (κ3) is 6.35. The normalized spacial score (nSPS) is 15.5. The molecule has 0 spiro atoms. The van der Waals surface area contributed by atoms with Crippen LogP contribution in [-0.4, -0.2) is 43.7 Å². The zero-order valence-electron chi connectivity index (χ0n) is 15.0. The number of amides is 2. The van der Waals surface area contributed by atoms with Crippen LogP contribution in [-0.2, 0) is 6.54 Å². The number of hydrogen-bond acceptors (Lipinski definition) is 4. The fraction of sp³-hybridized carbons (Fsp3) is 0.450. The van der Waals surface area contributed by atoms with Gasteiger partial charge in [0.15, 0.2) is 0 Å². The van der Waals surface area contributed by atoms with Gasteiger partial charge in [0.05, 0.1) is 6.54 Å². The number of hydrogen-bond donors (Lipinski definition) is 2. The maximum Gasteiger partial charge on any atom is 0.314 e. The largest absolute Gasteiger partial charge is 0.492 e. The number of piperidine rings is 1. The highest BCUT2D eigenvalue weighted by molar-refractivity contribution is 7.09. The summed E-state index contributed by atoms with van der Waals surface area (Å²) in [4.78, 5) is 15.8. The highest BCUT2D eigenvalue weighted by atomic mass is 32.1. The minimum atomic E-state index is -0.109. The predicted molar refractivity (Wildman–Crippen MR) is 106 cm³/mol. The van der Waals surface area contributed by atoms with Gasteiger partial charge in [0.1, 0.15) is 12.4 Å². The summed E-state index contributed by atoms with van der Waals surface area (Å²) >= 11 is 1.82. The second-order valence-corrected chi connectivity index (χ2v) is 7.63. The topological polar surface area (TPSA) is 53.6 Å². The zero-order valence-corrected chi connectivity index (χ0v) is 15.8. The molecule has 1 aromatic heterocycles. The van der Waals surface area contributed by atoms with E-state index < -0.39 is 0 Å². The van der Waals surface area contributed by atoms with Crippen molar-refractivity contribution < 1.29 is 9.53 Å². The van der Waals surface area contributed by atoms with E-state index in [9.17, 15) is 4.79 Å². The van der Waals surface area contributed by atoms with Crippen LogP contribution in [0, 0.1) is 5.92 Å². The standard InChI is InChI=1S/C20H27N3O2S/c24-20(21-10-13-25-18-5-2-1-3-6-18)22-15-17-8-11-23(12-9-17)16-19-7-4-14-26-19/h1-7,14,17H,8-13,15-16H2,(H2,21,22,24). The average molecular weight is 374 g/mol. The van der Waals surface area contributed by atoms with Crippen molar-refractivity contribution in [1.82, 2.24) is 15.5 Å². The highest BCUT2D eigenvalue weighted by Gasteiger charge is 2.19. The van der Waals surface area contributed by atoms with Gasteiger partial charge in [-0.2, -0.15) is 0 Å². The molecule has 2 N–H and O–H groups in total. The van der Waals surface area contributed by atoms with Crippen molar-refractivity contribution in [2.75, 3.05) is 32.8 Å². The molecule has 0 saturated carbocycles. The van der Waals surface area contributed by atoms with Crippen LogP contribution in [0.25, 0.3) is 0 Å². The van der Waals surface area contributed by atoms with Crippen molar-refractivity contribution in [1.29, 1.82) is 0 Å². The Kier molecular flexibility index (Phi) is 7.34. The van der Waals surface area contributed by atoms with Crippen molar-refractivity contribution in [2.24, 2.45) is 5.92 Å². The molecular weight excluding hydrogens is 346 g/mol. The van der Waals surface area contributed by atoms with Gasteiger partial charge in [0.25, 0.3) is 0 Å². The lowest BCUT2D eigenvalue weighted by Crippen LogP contribution is -2.42. The molecule has 1 aromatic carbocycles. The van der Waals surface area contributed by atoms with Crippen LogP contribution in [0.5, 0.6) is 5.75 Å². The van der Waals surface area contributed by atoms with Crippen LogP contribution >= 0.6 is 11.3 Å². The number of para-hydroxylation sites is 1. The number of benzene rings is 1. The molecule has 5 nitrogen and oxygen atoms in total. The van der Waals surface area contributed by atoms with E-state index in [-0.39, 0.29) is 6.03 Å². The van der Waals surface area contributed by atoms with E-state index in [1.807, 2.05) is 41.7 Å². The SMILES string of the molecule is O=C(NCCOc1ccccc1)NCC1CCN(Cc2cccs2)CC1. The molecule has 0 aliphatic carbocycles. The molecule has 1 fully saturated rings. The number of carbonyl (C=O) groups is 1. The Balaban J connectivity index is 1.23. The third-order valence-corrected chi connectivity index (χ3v) is 5.48. The molecule has 26 heavy (non-hydrogen) atoms. The van der Waals surface area contributed by atoms with E-state index in [4.69, 9.17) is 4.74 Å². The van der Waals surface area contributed by atoms with Gasteiger partial charge in [-0.05, 0) is 55.4 Å². The van der Waals surface area contributed by atoms with Gasteiger partial charge in [0, 0.05) is 18.0 Å². The van der Waals surface area contributed by atoms with Gasteiger partial charge in [-0.15, -0.1) is 11.3 Å². The average Bonchev–Trinajstić information content (AvgIpc) is 3.19. The summed E-state index contributed by atoms with van der Waals surface area (Å²) < 4.78 is 5.56. The summed E-state index contributed by atoms with van der Waals surface area (Å²) in [5.74, 6) is 1.39. The second-order valence-electron chi connectivity index (χ2n) is 6.60. The van der Waals surface area contributed by atoms with Gasteiger partial charge in [0.2, 0.25) is 0 Å². The van der Waals surface area contributed by atoms with E-state index in [1.165, 1.54) is 4.88 Å². The molecule has 0 atom stereocenters. The summed E-state index contributed by atoms with van der Waals surface area (Å²) in [7, 11) is 0. The molecule has 0 unspecified atom stereocenters. The molecule has 2 amide bonds. The number of carbonyl (C=O) groups excluding carboxylic acids is 1. The smallest absolute Gasteiger partial charge is 0.314 e. The first-order valence-corrected chi connectivity index (χ1v) is 10.1. The minimum Gasteiger partial charge on any atom is -0.492 e. The van der Waals surface area contributed by atoms with Crippen LogP contribution < -0.4 is 15.4 Å². The van der Waals surface area contributed by atoms with E-state index in [0.29, 0.717) is 19.1 Å². The lowest BCUT2D eigenvalue weighted by Gasteiger charge is -2.31. The van der Waals surface area contributed by atoms with Crippen molar-refractivity contribution in [3.8, 4) is 5.75 Å². The molecule has 6 heteroatoms. The molecule has 0 bridgehead atoms. The Morgan fingerprint density at radius 1 is 1.12 bits per heavy atom. The quantitative estimate of drug-likeness (QED) is 0.698. The molecule has 140 valence electrons. The van der Waals surface area contributed by atoms with Crippen LogP contribution in [0.15, 0.2) is 47.8 Å². The Morgan fingerprint density at radius 3 is 2.65 bits per heavy atom. The summed E-state index contributed by atoms with van der Waals surface area (Å²) in [6.45, 7) is 4.99.